The van der Waals surface area contributed by atoms with Gasteiger partial charge in [0.1, 0.15) is 0 Å². The number of hydrogen-bond donors (Lipinski definition) is 0. The molecule has 0 heterocycles. The van der Waals surface area contributed by atoms with E-state index in [9.17, 15) is 0 Å². The van der Waals surface area contributed by atoms with E-state index in [-0.39, 0.29) is 27.9 Å². The summed E-state index contributed by atoms with van der Waals surface area (Å²) in [5.74, 6) is 2.26. The zero-order valence-electron chi connectivity index (χ0n) is 37.1. The predicted octanol–water partition coefficient (Wildman–Crippen LogP) is 14.4. The van der Waals surface area contributed by atoms with Crippen LogP contribution in [0.4, 0.5) is 0 Å². The van der Waals surface area contributed by atoms with Crippen LogP contribution < -0.4 is 0 Å². The molecule has 3 aliphatic rings. The molecule has 4 rings (SSSR count). The summed E-state index contributed by atoms with van der Waals surface area (Å²) in [5, 5.41) is 0.415. The van der Waals surface area contributed by atoms with Gasteiger partial charge < -0.3 is 13.3 Å². The first-order chi connectivity index (χ1) is 23.6. The molecule has 6 heteroatoms. The molecule has 0 spiro atoms. The minimum atomic E-state index is -1.89. The Morgan fingerprint density at radius 3 is 1.83 bits per heavy atom. The lowest BCUT2D eigenvalue weighted by atomic mass is 9.60. The second kappa shape index (κ2) is 16.0. The maximum absolute atomic E-state index is 7.12. The van der Waals surface area contributed by atoms with Crippen molar-refractivity contribution >= 4 is 25.0 Å². The molecule has 0 N–H and O–H groups in total. The molecule has 1 aromatic rings. The fourth-order valence-corrected chi connectivity index (χ4v) is 13.9. The molecule has 0 bridgehead atoms. The summed E-state index contributed by atoms with van der Waals surface area (Å²) in [6.07, 6.45) is 17.9. The zero-order valence-corrected chi connectivity index (χ0v) is 40.1. The van der Waals surface area contributed by atoms with Crippen LogP contribution in [0.3, 0.4) is 0 Å². The van der Waals surface area contributed by atoms with Crippen LogP contribution in [0.2, 0.25) is 55.9 Å². The topological polar surface area (TPSA) is 27.7 Å². The Morgan fingerprint density at radius 1 is 0.788 bits per heavy atom. The maximum atomic E-state index is 7.12. The molecule has 6 atom stereocenters. The van der Waals surface area contributed by atoms with Crippen molar-refractivity contribution in [3.63, 3.8) is 0 Å². The van der Waals surface area contributed by atoms with Crippen LogP contribution in [0.5, 0.6) is 0 Å². The first-order valence-electron chi connectivity index (χ1n) is 21.2. The highest BCUT2D eigenvalue weighted by atomic mass is 28.4. The summed E-state index contributed by atoms with van der Waals surface area (Å²) < 4.78 is 20.8. The van der Waals surface area contributed by atoms with Gasteiger partial charge >= 0.3 is 0 Å². The second-order valence-corrected chi connectivity index (χ2v) is 36.2. The molecule has 3 nitrogen and oxygen atoms in total. The lowest BCUT2D eigenvalue weighted by molar-refractivity contribution is 0.0725. The van der Waals surface area contributed by atoms with Crippen LogP contribution in [-0.4, -0.2) is 37.2 Å². The quantitative estimate of drug-likeness (QED) is 0.198. The monoisotopic (exact) mass is 767 g/mol. The van der Waals surface area contributed by atoms with Gasteiger partial charge in [-0.05, 0) is 168 Å². The van der Waals surface area contributed by atoms with E-state index in [0.29, 0.717) is 5.41 Å². The van der Waals surface area contributed by atoms with Crippen molar-refractivity contribution in [1.82, 2.24) is 0 Å². The highest BCUT2D eigenvalue weighted by Gasteiger charge is 2.50. The van der Waals surface area contributed by atoms with Crippen LogP contribution in [0, 0.1) is 23.2 Å². The van der Waals surface area contributed by atoms with Crippen LogP contribution in [0.15, 0.2) is 47.6 Å². The third-order valence-corrected chi connectivity index (χ3v) is 24.6. The van der Waals surface area contributed by atoms with Gasteiger partial charge in [0.2, 0.25) is 0 Å². The van der Waals surface area contributed by atoms with E-state index in [2.05, 4.69) is 151 Å². The van der Waals surface area contributed by atoms with Gasteiger partial charge in [-0.25, -0.2) is 0 Å². The van der Waals surface area contributed by atoms with Crippen LogP contribution in [0.1, 0.15) is 138 Å². The molecule has 0 aromatic heterocycles. The Morgan fingerprint density at radius 2 is 1.33 bits per heavy atom. The zero-order chi connectivity index (χ0) is 39.1. The van der Waals surface area contributed by atoms with E-state index in [4.69, 9.17) is 13.3 Å². The first-order valence-corrected chi connectivity index (χ1v) is 30.4. The van der Waals surface area contributed by atoms with Gasteiger partial charge in [-0.15, -0.1) is 0 Å². The van der Waals surface area contributed by atoms with Gasteiger partial charge in [0, 0.05) is 0 Å². The van der Waals surface area contributed by atoms with Crippen LogP contribution in [-0.2, 0) is 25.3 Å². The summed E-state index contributed by atoms with van der Waals surface area (Å²) in [6.45, 7) is 40.4. The van der Waals surface area contributed by atoms with Crippen molar-refractivity contribution < 1.29 is 13.3 Å². The lowest BCUT2D eigenvalue weighted by Gasteiger charge is -2.45. The number of rotatable bonds is 12. The van der Waals surface area contributed by atoms with Crippen molar-refractivity contribution in [1.29, 1.82) is 0 Å². The minimum Gasteiger partial charge on any atom is -0.414 e. The Kier molecular flexibility index (Phi) is 13.5. The Bertz CT molecular complexity index is 1360. The lowest BCUT2D eigenvalue weighted by Crippen LogP contribution is -2.48. The molecule has 3 fully saturated rings. The summed E-state index contributed by atoms with van der Waals surface area (Å²) in [7, 11) is -5.40. The van der Waals surface area contributed by atoms with E-state index < -0.39 is 25.0 Å². The van der Waals surface area contributed by atoms with E-state index >= 15 is 0 Å². The highest BCUT2D eigenvalue weighted by Crippen LogP contribution is 2.60. The number of aryl methyl sites for hydroxylation is 1. The molecule has 0 saturated heterocycles. The Balaban J connectivity index is 1.46. The summed E-state index contributed by atoms with van der Waals surface area (Å²) in [6, 6.07) is 9.35. The molecule has 3 aliphatic carbocycles. The average molecular weight is 767 g/mol. The van der Waals surface area contributed by atoms with E-state index in [1.54, 1.807) is 11.1 Å². The van der Waals surface area contributed by atoms with E-state index in [1.807, 2.05) is 0 Å². The van der Waals surface area contributed by atoms with Gasteiger partial charge in [-0.1, -0.05) is 103 Å². The molecule has 3 saturated carbocycles. The van der Waals surface area contributed by atoms with Crippen molar-refractivity contribution in [3.05, 3.63) is 58.7 Å². The molecular weight excluding hydrogens is 685 g/mol. The second-order valence-electron chi connectivity index (χ2n) is 22.2. The number of fused-ring (bicyclic) bond motifs is 1. The fourth-order valence-electron chi connectivity index (χ4n) is 9.56. The standard InChI is InChI=1S/C46H82O3Si3/c1-34(20-21-35-23-26-38(27-24-35)45(8,9)49-50(11,12)13)41-28-29-42-37(19-18-30-46(41,42)10)25-22-36-31-39(47-51(14,15)43(2,3)4)33-40(32-36)48-52(16,17)44(5,6)7/h22-27,34,39-42H,18-21,28-33H2,1-17H3/b37-25+/t34-,39-,40-,41-,42+,46-/m1/s1. The SMILES string of the molecule is C[C@H](CCc1ccc(C(C)(C)O[Si](C)(C)C)cc1)[C@H]1CC[C@H]2/C(=C/C=C3C[C@@H](O[Si](C)(C)C(C)(C)C)C[C@H](O[Si](C)(C)C(C)(C)C)C3)CCC[C@]12C. The van der Waals surface area contributed by atoms with Crippen LogP contribution >= 0.6 is 0 Å². The average Bonchev–Trinajstić information content (AvgIpc) is 3.33. The van der Waals surface area contributed by atoms with Gasteiger partial charge in [0.05, 0.1) is 17.8 Å². The highest BCUT2D eigenvalue weighted by molar-refractivity contribution is 6.74. The molecule has 52 heavy (non-hydrogen) atoms. The van der Waals surface area contributed by atoms with Gasteiger partial charge in [-0.2, -0.15) is 0 Å². The van der Waals surface area contributed by atoms with Crippen LogP contribution in [0.25, 0.3) is 0 Å². The smallest absolute Gasteiger partial charge is 0.192 e. The van der Waals surface area contributed by atoms with Gasteiger partial charge in [0.15, 0.2) is 25.0 Å². The van der Waals surface area contributed by atoms with Crippen molar-refractivity contribution in [2.24, 2.45) is 23.2 Å². The summed E-state index contributed by atoms with van der Waals surface area (Å²) in [4.78, 5) is 0. The molecule has 1 aromatic carbocycles. The first kappa shape index (κ1) is 44.0. The number of benzene rings is 1. The molecule has 0 radical (unpaired) electrons. The number of hydrogen-bond acceptors (Lipinski definition) is 3. The third-order valence-electron chi connectivity index (χ3n) is 14.4. The van der Waals surface area contributed by atoms with Crippen molar-refractivity contribution in [3.8, 4) is 0 Å². The minimum absolute atomic E-state index is 0.207. The third kappa shape index (κ3) is 10.7. The van der Waals surface area contributed by atoms with Gasteiger partial charge in [0.25, 0.3) is 0 Å². The Labute approximate surface area is 325 Å². The molecular formula is C46H82O3Si3. The predicted molar refractivity (Wildman–Crippen MR) is 234 cm³/mol. The number of allylic oxidation sites excluding steroid dienone is 3. The maximum Gasteiger partial charge on any atom is 0.192 e. The Hall–Kier alpha value is -0.769. The van der Waals surface area contributed by atoms with Crippen molar-refractivity contribution in [2.45, 2.75) is 207 Å². The van der Waals surface area contributed by atoms with Crippen molar-refractivity contribution in [2.75, 3.05) is 0 Å². The molecule has 0 unspecified atom stereocenters. The molecule has 0 amide bonds. The summed E-state index contributed by atoms with van der Waals surface area (Å²) >= 11 is 0. The van der Waals surface area contributed by atoms with E-state index in [0.717, 1.165) is 37.0 Å². The fraction of sp³-hybridized carbons (Fsp3) is 0.783. The van der Waals surface area contributed by atoms with Gasteiger partial charge in [-0.3, -0.25) is 0 Å². The summed E-state index contributed by atoms with van der Waals surface area (Å²) in [5.41, 5.74) is 6.21. The molecule has 0 aliphatic heterocycles. The molecule has 296 valence electrons. The normalized spacial score (nSPS) is 28.2. The van der Waals surface area contributed by atoms with E-state index in [1.165, 1.54) is 56.1 Å². The largest absolute Gasteiger partial charge is 0.414 e.